The molecule has 0 aromatic rings. The van der Waals surface area contributed by atoms with Gasteiger partial charge in [-0.1, -0.05) is 0 Å². The summed E-state index contributed by atoms with van der Waals surface area (Å²) in [6.07, 6.45) is 0. The van der Waals surface area contributed by atoms with E-state index < -0.39 is 23.9 Å². The molecule has 12 heteroatoms. The predicted octanol–water partition coefficient (Wildman–Crippen LogP) is -0.867. The number of carboxylic acids is 2. The van der Waals surface area contributed by atoms with E-state index in [4.69, 9.17) is 19.8 Å². The minimum Gasteiger partial charge on any atom is -0.473 e. The Morgan fingerprint density at radius 2 is 0.938 bits per heavy atom. The van der Waals surface area contributed by atoms with Gasteiger partial charge in [0.1, 0.15) is 0 Å². The van der Waals surface area contributed by atoms with Crippen LogP contribution in [0, 0.1) is 0 Å². The quantitative estimate of drug-likeness (QED) is 0.319. The van der Waals surface area contributed by atoms with Gasteiger partial charge in [-0.25, -0.2) is 19.2 Å². The monoisotopic (exact) mass is 278 g/mol. The van der Waals surface area contributed by atoms with Gasteiger partial charge in [0.2, 0.25) is 0 Å². The standard InChI is InChI=1S/C2H4O4P2.C2H2O4.2H3N/c3-1(5-7)2(4)6-8;3-1(4)2(5)6;;/h7-8H2;(H,3,4)(H,5,6);2*1H3. The normalized spacial score (nSPS) is 6.62. The molecule has 0 fully saturated rings. The van der Waals surface area contributed by atoms with Crippen LogP contribution < -0.4 is 12.3 Å². The molecule has 0 rings (SSSR count). The van der Waals surface area contributed by atoms with Gasteiger partial charge in [-0.15, -0.1) is 0 Å². The largest absolute Gasteiger partial charge is 0.473 e. The highest BCUT2D eigenvalue weighted by molar-refractivity contribution is 7.12. The van der Waals surface area contributed by atoms with Gasteiger partial charge >= 0.3 is 23.9 Å². The molecule has 0 heterocycles. The highest BCUT2D eigenvalue weighted by Gasteiger charge is 2.12. The Bertz CT molecular complexity index is 230. The van der Waals surface area contributed by atoms with Gasteiger partial charge in [0, 0.05) is 0 Å². The SMILES string of the molecule is N.N.O=C(O)C(=O)O.O=C(OP)C(=O)OP. The Kier molecular flexibility index (Phi) is 20.6. The highest BCUT2D eigenvalue weighted by Crippen LogP contribution is 1.92. The summed E-state index contributed by atoms with van der Waals surface area (Å²) in [7, 11) is 3.26. The van der Waals surface area contributed by atoms with Crippen molar-refractivity contribution in [2.24, 2.45) is 0 Å². The lowest BCUT2D eigenvalue weighted by atomic mass is 10.7. The molecule has 0 aromatic carbocycles. The Hall–Kier alpha value is -1.34. The molecule has 0 aliphatic heterocycles. The molecule has 0 radical (unpaired) electrons. The van der Waals surface area contributed by atoms with Crippen molar-refractivity contribution >= 4 is 42.8 Å². The molecule has 2 unspecified atom stereocenters. The smallest absolute Gasteiger partial charge is 0.419 e. The fourth-order valence-electron chi connectivity index (χ4n) is 0.0962. The van der Waals surface area contributed by atoms with Crippen LogP contribution in [0.4, 0.5) is 0 Å². The number of hydrogen-bond acceptors (Lipinski definition) is 8. The molecule has 96 valence electrons. The average molecular weight is 278 g/mol. The Labute approximate surface area is 94.4 Å². The molecule has 8 N–H and O–H groups in total. The van der Waals surface area contributed by atoms with Gasteiger partial charge in [0.05, 0.1) is 18.9 Å². The second-order valence-corrected chi connectivity index (χ2v) is 1.89. The van der Waals surface area contributed by atoms with Crippen molar-refractivity contribution in [2.75, 3.05) is 0 Å². The molecule has 0 aromatic heterocycles. The first-order valence-corrected chi connectivity index (χ1v) is 3.59. The number of rotatable bonds is 0. The zero-order chi connectivity index (χ0) is 11.7. The fourth-order valence-corrected chi connectivity index (χ4v) is 0.289. The van der Waals surface area contributed by atoms with Crippen molar-refractivity contribution in [3.8, 4) is 0 Å². The first-order valence-electron chi connectivity index (χ1n) is 2.64. The molecule has 16 heavy (non-hydrogen) atoms. The number of carbonyl (C=O) groups excluding carboxylic acids is 2. The topological polar surface area (TPSA) is 197 Å². The second kappa shape index (κ2) is 13.7. The molecular formula is C4H12N2O8P2. The van der Waals surface area contributed by atoms with Crippen LogP contribution in [0.3, 0.4) is 0 Å². The second-order valence-electron chi connectivity index (χ2n) is 1.42. The number of aliphatic carboxylic acids is 2. The molecule has 10 nitrogen and oxygen atoms in total. The molecule has 0 saturated heterocycles. The molecular weight excluding hydrogens is 266 g/mol. The lowest BCUT2D eigenvalue weighted by molar-refractivity contribution is -0.159. The van der Waals surface area contributed by atoms with Crippen molar-refractivity contribution in [1.82, 2.24) is 12.3 Å². The van der Waals surface area contributed by atoms with E-state index in [0.717, 1.165) is 0 Å². The van der Waals surface area contributed by atoms with Crippen LogP contribution in [0.5, 0.6) is 0 Å². The summed E-state index contributed by atoms with van der Waals surface area (Å²) in [4.78, 5) is 38.2. The third-order valence-electron chi connectivity index (χ3n) is 0.564. The van der Waals surface area contributed by atoms with Gasteiger partial charge in [-0.2, -0.15) is 0 Å². The first kappa shape index (κ1) is 24.1. The Morgan fingerprint density at radius 1 is 0.750 bits per heavy atom. The van der Waals surface area contributed by atoms with Crippen molar-refractivity contribution < 1.29 is 38.4 Å². The minimum absolute atomic E-state index is 0. The van der Waals surface area contributed by atoms with Crippen LogP contribution in [0.25, 0.3) is 0 Å². The summed E-state index contributed by atoms with van der Waals surface area (Å²) < 4.78 is 7.79. The van der Waals surface area contributed by atoms with Crippen molar-refractivity contribution in [1.29, 1.82) is 0 Å². The molecule has 0 amide bonds. The van der Waals surface area contributed by atoms with Crippen LogP contribution in [-0.4, -0.2) is 34.1 Å². The first-order chi connectivity index (χ1) is 6.36. The van der Waals surface area contributed by atoms with Gasteiger partial charge in [0.25, 0.3) is 0 Å². The van der Waals surface area contributed by atoms with Crippen LogP contribution in [0.15, 0.2) is 0 Å². The number of hydrogen-bond donors (Lipinski definition) is 4. The summed E-state index contributed by atoms with van der Waals surface area (Å²) >= 11 is 0. The number of carbonyl (C=O) groups is 4. The summed E-state index contributed by atoms with van der Waals surface area (Å²) in [5, 5.41) is 14.8. The van der Waals surface area contributed by atoms with E-state index >= 15 is 0 Å². The maximum Gasteiger partial charge on any atom is 0.419 e. The Balaban J connectivity index is -0.0000000825. The maximum absolute atomic E-state index is 10.0. The molecule has 0 aliphatic carbocycles. The van der Waals surface area contributed by atoms with Crippen LogP contribution in [-0.2, 0) is 28.2 Å². The molecule has 2 atom stereocenters. The van der Waals surface area contributed by atoms with E-state index in [1.807, 2.05) is 0 Å². The van der Waals surface area contributed by atoms with Gasteiger partial charge in [-0.3, -0.25) is 0 Å². The zero-order valence-electron chi connectivity index (χ0n) is 7.91. The van der Waals surface area contributed by atoms with E-state index in [-0.39, 0.29) is 12.3 Å². The summed E-state index contributed by atoms with van der Waals surface area (Å²) in [6.45, 7) is 0. The maximum atomic E-state index is 10.0. The lowest BCUT2D eigenvalue weighted by Crippen LogP contribution is -2.12. The molecule has 0 saturated carbocycles. The average Bonchev–Trinajstić information content (AvgIpc) is 2.16. The molecule has 0 bridgehead atoms. The van der Waals surface area contributed by atoms with Gasteiger partial charge in [0.15, 0.2) is 0 Å². The van der Waals surface area contributed by atoms with Crippen molar-refractivity contribution in [3.05, 3.63) is 0 Å². The number of carboxylic acid groups (broad SMARTS) is 2. The molecule has 0 spiro atoms. The van der Waals surface area contributed by atoms with E-state index in [1.165, 1.54) is 0 Å². The van der Waals surface area contributed by atoms with E-state index in [0.29, 0.717) is 0 Å². The third-order valence-corrected chi connectivity index (χ3v) is 0.992. The van der Waals surface area contributed by atoms with Crippen LogP contribution in [0.1, 0.15) is 0 Å². The lowest BCUT2D eigenvalue weighted by Gasteiger charge is -1.91. The van der Waals surface area contributed by atoms with Crippen molar-refractivity contribution in [3.63, 3.8) is 0 Å². The third kappa shape index (κ3) is 15.1. The van der Waals surface area contributed by atoms with Gasteiger partial charge in [-0.05, 0) is 0 Å². The predicted molar refractivity (Wildman–Crippen MR) is 56.9 cm³/mol. The van der Waals surface area contributed by atoms with Crippen molar-refractivity contribution in [2.45, 2.75) is 0 Å². The summed E-state index contributed by atoms with van der Waals surface area (Å²) in [6, 6.07) is 0. The van der Waals surface area contributed by atoms with E-state index in [9.17, 15) is 9.59 Å². The summed E-state index contributed by atoms with van der Waals surface area (Å²) in [5.74, 6) is -5.72. The van der Waals surface area contributed by atoms with E-state index in [1.54, 1.807) is 18.9 Å². The van der Waals surface area contributed by atoms with Gasteiger partial charge < -0.3 is 31.6 Å². The Morgan fingerprint density at radius 3 is 1.00 bits per heavy atom. The van der Waals surface area contributed by atoms with E-state index in [2.05, 4.69) is 9.05 Å². The zero-order valence-corrected chi connectivity index (χ0v) is 10.2. The fraction of sp³-hybridized carbons (Fsp3) is 0. The molecule has 0 aliphatic rings. The van der Waals surface area contributed by atoms with Crippen LogP contribution >= 0.6 is 18.9 Å². The van der Waals surface area contributed by atoms with Crippen LogP contribution in [0.2, 0.25) is 0 Å². The minimum atomic E-state index is -1.82. The summed E-state index contributed by atoms with van der Waals surface area (Å²) in [5.41, 5.74) is 0. The highest BCUT2D eigenvalue weighted by atomic mass is 31.0.